The van der Waals surface area contributed by atoms with E-state index in [4.69, 9.17) is 10.3 Å². The van der Waals surface area contributed by atoms with Crippen molar-refractivity contribution in [2.24, 2.45) is 0 Å². The zero-order valence-electron chi connectivity index (χ0n) is 10.9. The van der Waals surface area contributed by atoms with Gasteiger partial charge in [-0.15, -0.1) is 0 Å². The molecule has 96 valence electrons. The smallest absolute Gasteiger partial charge is 0.173 e. The Labute approximate surface area is 106 Å². The van der Waals surface area contributed by atoms with E-state index in [-0.39, 0.29) is 11.7 Å². The van der Waals surface area contributed by atoms with E-state index >= 15 is 0 Å². The van der Waals surface area contributed by atoms with Crippen LogP contribution >= 0.6 is 0 Å². The Morgan fingerprint density at radius 3 is 2.61 bits per heavy atom. The summed E-state index contributed by atoms with van der Waals surface area (Å²) in [5.41, 5.74) is 8.20. The van der Waals surface area contributed by atoms with Crippen LogP contribution in [0.15, 0.2) is 22.7 Å². The van der Waals surface area contributed by atoms with Gasteiger partial charge in [0.1, 0.15) is 5.75 Å². The zero-order valence-corrected chi connectivity index (χ0v) is 10.9. The van der Waals surface area contributed by atoms with E-state index < -0.39 is 0 Å². The highest BCUT2D eigenvalue weighted by molar-refractivity contribution is 5.73. The second-order valence-corrected chi connectivity index (χ2v) is 4.66. The highest BCUT2D eigenvalue weighted by Crippen LogP contribution is 2.39. The number of hydrogen-bond donors (Lipinski definition) is 2. The van der Waals surface area contributed by atoms with Gasteiger partial charge in [0.25, 0.3) is 0 Å². The second-order valence-electron chi connectivity index (χ2n) is 4.66. The number of nitrogens with zero attached hydrogens (tertiary/aromatic N) is 1. The van der Waals surface area contributed by atoms with Gasteiger partial charge in [-0.1, -0.05) is 38.1 Å². The molecule has 0 amide bonds. The molecule has 0 bridgehead atoms. The van der Waals surface area contributed by atoms with Crippen LogP contribution in [0.5, 0.6) is 5.75 Å². The molecule has 0 saturated carbocycles. The number of rotatable bonds is 3. The lowest BCUT2D eigenvalue weighted by atomic mass is 9.92. The van der Waals surface area contributed by atoms with Crippen LogP contribution in [0.4, 0.5) is 5.82 Å². The molecule has 2 aromatic rings. The van der Waals surface area contributed by atoms with Crippen molar-refractivity contribution in [3.63, 3.8) is 0 Å². The summed E-state index contributed by atoms with van der Waals surface area (Å²) in [6.07, 6.45) is 0.765. The summed E-state index contributed by atoms with van der Waals surface area (Å²) in [5.74, 6) is 1.38. The lowest BCUT2D eigenvalue weighted by Crippen LogP contribution is -1.95. The van der Waals surface area contributed by atoms with Gasteiger partial charge in [-0.05, 0) is 23.5 Å². The Hall–Kier alpha value is -1.97. The molecular formula is C14H18N2O2. The third kappa shape index (κ3) is 2.06. The minimum Gasteiger partial charge on any atom is -0.507 e. The maximum atomic E-state index is 10.4. The average molecular weight is 246 g/mol. The number of aromatic nitrogens is 1. The van der Waals surface area contributed by atoms with Crippen molar-refractivity contribution in [3.8, 4) is 17.1 Å². The van der Waals surface area contributed by atoms with Crippen LogP contribution in [0, 0.1) is 0 Å². The van der Waals surface area contributed by atoms with E-state index in [9.17, 15) is 5.11 Å². The van der Waals surface area contributed by atoms with E-state index in [1.807, 2.05) is 19.1 Å². The molecule has 0 atom stereocenters. The summed E-state index contributed by atoms with van der Waals surface area (Å²) < 4.78 is 5.19. The van der Waals surface area contributed by atoms with Gasteiger partial charge in [-0.3, -0.25) is 0 Å². The van der Waals surface area contributed by atoms with E-state index in [1.54, 1.807) is 6.07 Å². The molecule has 0 fully saturated rings. The predicted octanol–water partition coefficient (Wildman–Crippen LogP) is 3.32. The Morgan fingerprint density at radius 1 is 1.39 bits per heavy atom. The number of aromatic hydroxyl groups is 1. The van der Waals surface area contributed by atoms with Crippen LogP contribution in [0.1, 0.15) is 37.8 Å². The summed E-state index contributed by atoms with van der Waals surface area (Å²) in [7, 11) is 0. The van der Waals surface area contributed by atoms with Gasteiger partial charge in [-0.25, -0.2) is 0 Å². The van der Waals surface area contributed by atoms with Gasteiger partial charge in [0, 0.05) is 6.07 Å². The molecular weight excluding hydrogens is 228 g/mol. The van der Waals surface area contributed by atoms with E-state index in [2.05, 4.69) is 19.0 Å². The first-order valence-corrected chi connectivity index (χ1v) is 6.11. The van der Waals surface area contributed by atoms with Gasteiger partial charge in [0.2, 0.25) is 0 Å². The average Bonchev–Trinajstić information content (AvgIpc) is 2.74. The number of nitrogen functional groups attached to an aromatic ring is 1. The maximum absolute atomic E-state index is 10.4. The van der Waals surface area contributed by atoms with Gasteiger partial charge in [-0.2, -0.15) is 0 Å². The fraction of sp³-hybridized carbons (Fsp3) is 0.357. The number of phenolic OH excluding ortho intramolecular Hbond substituents is 1. The molecule has 4 heteroatoms. The molecule has 1 aromatic carbocycles. The van der Waals surface area contributed by atoms with E-state index in [0.29, 0.717) is 17.1 Å². The van der Waals surface area contributed by atoms with Gasteiger partial charge < -0.3 is 15.4 Å². The highest BCUT2D eigenvalue weighted by atomic mass is 16.5. The second kappa shape index (κ2) is 4.72. The molecule has 2 rings (SSSR count). The number of phenols is 1. The molecule has 4 nitrogen and oxygen atoms in total. The molecule has 0 aliphatic heterocycles. The van der Waals surface area contributed by atoms with Crippen molar-refractivity contribution >= 4 is 5.82 Å². The first kappa shape index (κ1) is 12.5. The van der Waals surface area contributed by atoms with Crippen molar-refractivity contribution < 1.29 is 9.63 Å². The summed E-state index contributed by atoms with van der Waals surface area (Å²) in [6, 6.07) is 5.62. The Morgan fingerprint density at radius 2 is 2.11 bits per heavy atom. The van der Waals surface area contributed by atoms with E-state index in [1.165, 1.54) is 0 Å². The lowest BCUT2D eigenvalue weighted by molar-refractivity contribution is 0.427. The molecule has 0 unspecified atom stereocenters. The number of nitrogens with two attached hydrogens (primary N) is 1. The minimum atomic E-state index is 0.264. The molecule has 0 aliphatic rings. The quantitative estimate of drug-likeness (QED) is 0.871. The molecule has 1 aromatic heterocycles. The Balaban J connectivity index is 2.68. The fourth-order valence-electron chi connectivity index (χ4n) is 2.08. The number of anilines is 1. The topological polar surface area (TPSA) is 72.3 Å². The summed E-state index contributed by atoms with van der Waals surface area (Å²) in [5, 5.41) is 14.0. The summed E-state index contributed by atoms with van der Waals surface area (Å²) >= 11 is 0. The largest absolute Gasteiger partial charge is 0.507 e. The first-order chi connectivity index (χ1) is 8.54. The van der Waals surface area contributed by atoms with Gasteiger partial charge in [0.05, 0.1) is 5.56 Å². The SMILES string of the molecule is CCc1ccc(C(C)C)c(-c2cc(N)no2)c1O. The maximum Gasteiger partial charge on any atom is 0.173 e. The van der Waals surface area contributed by atoms with Crippen molar-refractivity contribution in [2.45, 2.75) is 33.1 Å². The van der Waals surface area contributed by atoms with Crippen molar-refractivity contribution in [1.29, 1.82) is 0 Å². The van der Waals surface area contributed by atoms with Crippen molar-refractivity contribution in [3.05, 3.63) is 29.3 Å². The highest BCUT2D eigenvalue weighted by Gasteiger charge is 2.19. The van der Waals surface area contributed by atoms with Crippen LogP contribution in [-0.2, 0) is 6.42 Å². The monoisotopic (exact) mass is 246 g/mol. The minimum absolute atomic E-state index is 0.264. The van der Waals surface area contributed by atoms with Crippen LogP contribution in [-0.4, -0.2) is 10.3 Å². The summed E-state index contributed by atoms with van der Waals surface area (Å²) in [4.78, 5) is 0. The normalized spacial score (nSPS) is 11.1. The van der Waals surface area contributed by atoms with Crippen LogP contribution in [0.2, 0.25) is 0 Å². The molecule has 3 N–H and O–H groups in total. The van der Waals surface area contributed by atoms with Crippen molar-refractivity contribution in [2.75, 3.05) is 5.73 Å². The first-order valence-electron chi connectivity index (χ1n) is 6.11. The number of aryl methyl sites for hydroxylation is 1. The lowest BCUT2D eigenvalue weighted by Gasteiger charge is -2.14. The third-order valence-electron chi connectivity index (χ3n) is 3.07. The standard InChI is InChI=1S/C14H18N2O2/c1-4-9-5-6-10(8(2)3)13(14(9)17)11-7-12(15)16-18-11/h5-8,17H,4H2,1-3H3,(H2,15,16). The molecule has 0 spiro atoms. The van der Waals surface area contributed by atoms with Crippen LogP contribution in [0.25, 0.3) is 11.3 Å². The van der Waals surface area contributed by atoms with Crippen LogP contribution < -0.4 is 5.73 Å². The van der Waals surface area contributed by atoms with Gasteiger partial charge in [0.15, 0.2) is 11.6 Å². The third-order valence-corrected chi connectivity index (χ3v) is 3.07. The molecule has 0 radical (unpaired) electrons. The number of hydrogen-bond acceptors (Lipinski definition) is 4. The molecule has 18 heavy (non-hydrogen) atoms. The fourth-order valence-corrected chi connectivity index (χ4v) is 2.08. The zero-order chi connectivity index (χ0) is 13.3. The predicted molar refractivity (Wildman–Crippen MR) is 71.5 cm³/mol. The van der Waals surface area contributed by atoms with Crippen molar-refractivity contribution in [1.82, 2.24) is 5.16 Å². The number of benzene rings is 1. The summed E-state index contributed by atoms with van der Waals surface area (Å²) in [6.45, 7) is 6.15. The Kier molecular flexibility index (Phi) is 3.28. The molecule has 0 aliphatic carbocycles. The Bertz CT molecular complexity index is 559. The van der Waals surface area contributed by atoms with E-state index in [0.717, 1.165) is 17.5 Å². The molecule has 1 heterocycles. The van der Waals surface area contributed by atoms with Gasteiger partial charge >= 0.3 is 0 Å². The van der Waals surface area contributed by atoms with Crippen LogP contribution in [0.3, 0.4) is 0 Å². The molecule has 0 saturated heterocycles.